The molecule has 0 unspecified atom stereocenters. The molecule has 1 amide bonds. The number of carbonyl (C=O) groups is 1. The van der Waals surface area contributed by atoms with Crippen molar-refractivity contribution in [1.29, 1.82) is 0 Å². The van der Waals surface area contributed by atoms with Crippen LogP contribution in [0.25, 0.3) is 6.08 Å². The summed E-state index contributed by atoms with van der Waals surface area (Å²) in [7, 11) is 0. The number of carbonyl (C=O) groups excluding carboxylic acids is 1. The summed E-state index contributed by atoms with van der Waals surface area (Å²) in [5.74, 6) is -0.377. The van der Waals surface area contributed by atoms with Crippen molar-refractivity contribution in [3.05, 3.63) is 76.4 Å². The van der Waals surface area contributed by atoms with E-state index >= 15 is 0 Å². The van der Waals surface area contributed by atoms with Crippen LogP contribution in [0.5, 0.6) is 0 Å². The van der Waals surface area contributed by atoms with Crippen molar-refractivity contribution in [2.75, 3.05) is 6.54 Å². The highest BCUT2D eigenvalue weighted by molar-refractivity contribution is 8.26. The van der Waals surface area contributed by atoms with Gasteiger partial charge in [-0.1, -0.05) is 66.4 Å². The molecule has 5 heteroatoms. The van der Waals surface area contributed by atoms with Gasteiger partial charge in [-0.25, -0.2) is 4.39 Å². The van der Waals surface area contributed by atoms with E-state index in [2.05, 4.69) is 0 Å². The summed E-state index contributed by atoms with van der Waals surface area (Å²) in [6.45, 7) is 0.565. The van der Waals surface area contributed by atoms with Crippen LogP contribution in [0.3, 0.4) is 0 Å². The van der Waals surface area contributed by atoms with E-state index in [1.807, 2.05) is 30.3 Å². The lowest BCUT2D eigenvalue weighted by Gasteiger charge is -2.14. The van der Waals surface area contributed by atoms with E-state index in [4.69, 9.17) is 12.2 Å². The lowest BCUT2D eigenvalue weighted by atomic mass is 10.1. The maximum atomic E-state index is 12.9. The largest absolute Gasteiger partial charge is 0.293 e. The molecule has 2 aromatic carbocycles. The molecule has 116 valence electrons. The van der Waals surface area contributed by atoms with Crippen LogP contribution >= 0.6 is 24.0 Å². The average Bonchev–Trinajstić information content (AvgIpc) is 2.82. The SMILES string of the molecule is O=C1/C(=C/c2ccc(F)cc2)SC(=S)N1CCc1ccccc1. The minimum atomic E-state index is -0.294. The lowest BCUT2D eigenvalue weighted by molar-refractivity contribution is -0.122. The van der Waals surface area contributed by atoms with Crippen LogP contribution < -0.4 is 0 Å². The molecule has 1 saturated heterocycles. The minimum Gasteiger partial charge on any atom is -0.293 e. The summed E-state index contributed by atoms with van der Waals surface area (Å²) in [6, 6.07) is 16.0. The molecule has 2 aromatic rings. The third-order valence-corrected chi connectivity index (χ3v) is 4.89. The van der Waals surface area contributed by atoms with Gasteiger partial charge in [-0.15, -0.1) is 0 Å². The van der Waals surface area contributed by atoms with Gasteiger partial charge in [-0.2, -0.15) is 0 Å². The van der Waals surface area contributed by atoms with Gasteiger partial charge < -0.3 is 0 Å². The number of benzene rings is 2. The van der Waals surface area contributed by atoms with Crippen molar-refractivity contribution < 1.29 is 9.18 Å². The second kappa shape index (κ2) is 7.06. The Morgan fingerprint density at radius 1 is 1.09 bits per heavy atom. The lowest BCUT2D eigenvalue weighted by Crippen LogP contribution is -2.30. The van der Waals surface area contributed by atoms with E-state index in [0.29, 0.717) is 15.8 Å². The first kappa shape index (κ1) is 15.9. The molecule has 0 radical (unpaired) electrons. The molecule has 0 saturated carbocycles. The van der Waals surface area contributed by atoms with E-state index < -0.39 is 0 Å². The molecular weight excluding hydrogens is 329 g/mol. The molecule has 0 N–H and O–H groups in total. The normalized spacial score (nSPS) is 16.4. The van der Waals surface area contributed by atoms with Crippen molar-refractivity contribution >= 4 is 40.3 Å². The van der Waals surface area contributed by atoms with Gasteiger partial charge in [0.2, 0.25) is 0 Å². The zero-order chi connectivity index (χ0) is 16.2. The first-order valence-electron chi connectivity index (χ1n) is 7.18. The van der Waals surface area contributed by atoms with Gasteiger partial charge >= 0.3 is 0 Å². The Morgan fingerprint density at radius 3 is 2.48 bits per heavy atom. The molecule has 1 aliphatic heterocycles. The molecule has 0 bridgehead atoms. The Bertz CT molecular complexity index is 756. The highest BCUT2D eigenvalue weighted by Crippen LogP contribution is 2.32. The first-order valence-corrected chi connectivity index (χ1v) is 8.41. The number of nitrogens with zero attached hydrogens (tertiary/aromatic N) is 1. The number of thiocarbonyl (C=S) groups is 1. The average molecular weight is 343 g/mol. The predicted molar refractivity (Wildman–Crippen MR) is 96.4 cm³/mol. The first-order chi connectivity index (χ1) is 11.1. The van der Waals surface area contributed by atoms with Crippen LogP contribution in [-0.2, 0) is 11.2 Å². The molecule has 3 rings (SSSR count). The van der Waals surface area contributed by atoms with Crippen LogP contribution in [0.15, 0.2) is 59.5 Å². The van der Waals surface area contributed by atoms with E-state index in [1.165, 1.54) is 29.5 Å². The third-order valence-electron chi connectivity index (χ3n) is 3.51. The van der Waals surface area contributed by atoms with Gasteiger partial charge in [0.1, 0.15) is 10.1 Å². The molecule has 23 heavy (non-hydrogen) atoms. The highest BCUT2D eigenvalue weighted by atomic mass is 32.2. The third kappa shape index (κ3) is 3.86. The number of hydrogen-bond donors (Lipinski definition) is 0. The van der Waals surface area contributed by atoms with E-state index in [0.717, 1.165) is 12.0 Å². The number of halogens is 1. The summed E-state index contributed by atoms with van der Waals surface area (Å²) in [6.07, 6.45) is 2.51. The number of hydrogen-bond acceptors (Lipinski definition) is 3. The Morgan fingerprint density at radius 2 is 1.78 bits per heavy atom. The summed E-state index contributed by atoms with van der Waals surface area (Å²) in [4.78, 5) is 14.7. The number of rotatable bonds is 4. The van der Waals surface area contributed by atoms with E-state index in [1.54, 1.807) is 23.1 Å². The van der Waals surface area contributed by atoms with Crippen molar-refractivity contribution in [1.82, 2.24) is 4.90 Å². The maximum Gasteiger partial charge on any atom is 0.266 e. The summed E-state index contributed by atoms with van der Waals surface area (Å²) in [5.41, 5.74) is 1.96. The summed E-state index contributed by atoms with van der Waals surface area (Å²) < 4.78 is 13.5. The molecule has 0 spiro atoms. The van der Waals surface area contributed by atoms with E-state index in [9.17, 15) is 9.18 Å². The highest BCUT2D eigenvalue weighted by Gasteiger charge is 2.31. The van der Waals surface area contributed by atoms with Gasteiger partial charge in [0.25, 0.3) is 5.91 Å². The second-order valence-electron chi connectivity index (χ2n) is 5.12. The quantitative estimate of drug-likeness (QED) is 0.611. The topological polar surface area (TPSA) is 20.3 Å². The molecule has 1 fully saturated rings. The van der Waals surface area contributed by atoms with Gasteiger partial charge in [0.05, 0.1) is 4.91 Å². The van der Waals surface area contributed by atoms with Crippen molar-refractivity contribution in [3.8, 4) is 0 Å². The Balaban J connectivity index is 1.71. The zero-order valence-electron chi connectivity index (χ0n) is 12.2. The molecule has 0 atom stereocenters. The Kier molecular flexibility index (Phi) is 4.88. The molecule has 1 aliphatic rings. The van der Waals surface area contributed by atoms with Crippen LogP contribution in [0, 0.1) is 5.82 Å². The van der Waals surface area contributed by atoms with Crippen LogP contribution in [0.4, 0.5) is 4.39 Å². The monoisotopic (exact) mass is 343 g/mol. The van der Waals surface area contributed by atoms with Gasteiger partial charge in [-0.05, 0) is 35.8 Å². The maximum absolute atomic E-state index is 12.9. The fourth-order valence-electron chi connectivity index (χ4n) is 2.29. The fourth-order valence-corrected chi connectivity index (χ4v) is 3.60. The van der Waals surface area contributed by atoms with Gasteiger partial charge in [0, 0.05) is 6.54 Å². The van der Waals surface area contributed by atoms with Gasteiger partial charge in [0.15, 0.2) is 0 Å². The Hall–Kier alpha value is -1.98. The predicted octanol–water partition coefficient (Wildman–Crippen LogP) is 4.27. The van der Waals surface area contributed by atoms with Crippen LogP contribution in [0.1, 0.15) is 11.1 Å². The molecule has 0 aliphatic carbocycles. The Labute approximate surface area is 144 Å². The molecule has 0 aromatic heterocycles. The van der Waals surface area contributed by atoms with Crippen LogP contribution in [0.2, 0.25) is 0 Å². The zero-order valence-corrected chi connectivity index (χ0v) is 13.9. The van der Waals surface area contributed by atoms with Crippen molar-refractivity contribution in [2.45, 2.75) is 6.42 Å². The summed E-state index contributed by atoms with van der Waals surface area (Å²) >= 11 is 6.61. The fraction of sp³-hybridized carbons (Fsp3) is 0.111. The summed E-state index contributed by atoms with van der Waals surface area (Å²) in [5, 5.41) is 0. The van der Waals surface area contributed by atoms with Crippen molar-refractivity contribution in [2.24, 2.45) is 0 Å². The molecular formula is C18H14FNOS2. The minimum absolute atomic E-state index is 0.0831. The van der Waals surface area contributed by atoms with Crippen molar-refractivity contribution in [3.63, 3.8) is 0 Å². The second-order valence-corrected chi connectivity index (χ2v) is 6.80. The molecule has 2 nitrogen and oxygen atoms in total. The number of thioether (sulfide) groups is 1. The smallest absolute Gasteiger partial charge is 0.266 e. The van der Waals surface area contributed by atoms with E-state index in [-0.39, 0.29) is 11.7 Å². The van der Waals surface area contributed by atoms with Gasteiger partial charge in [-0.3, -0.25) is 9.69 Å². The molecule has 1 heterocycles. The number of amides is 1. The van der Waals surface area contributed by atoms with Crippen LogP contribution in [-0.4, -0.2) is 21.7 Å². The standard InChI is InChI=1S/C18H14FNOS2/c19-15-8-6-14(7-9-15)12-16-17(21)20(18(22)23-16)11-10-13-4-2-1-3-5-13/h1-9,12H,10-11H2/b16-12-.